The standard InChI is InChI=1S/C25H21F3N4O3/c26-25(27,28)19-2-1-3-20(13-19)32-7-6-18(14-29)23(32)24(33)31-10-8-30(9-11-31)15-17-4-5-21-22(12-17)35-16-34-21/h1-7,12-13H,8-11,15-16H2. The summed E-state index contributed by atoms with van der Waals surface area (Å²) in [5.74, 6) is 1.06. The first-order valence-corrected chi connectivity index (χ1v) is 11.0. The molecule has 0 atom stereocenters. The minimum Gasteiger partial charge on any atom is -0.454 e. The van der Waals surface area contributed by atoms with E-state index in [9.17, 15) is 23.2 Å². The molecule has 0 spiro atoms. The molecule has 1 amide bonds. The Morgan fingerprint density at radius 3 is 2.51 bits per heavy atom. The van der Waals surface area contributed by atoms with Gasteiger partial charge in [-0.3, -0.25) is 9.69 Å². The van der Waals surface area contributed by atoms with Crippen molar-refractivity contribution < 1.29 is 27.4 Å². The number of alkyl halides is 3. The predicted molar refractivity (Wildman–Crippen MR) is 119 cm³/mol. The number of benzene rings is 2. The summed E-state index contributed by atoms with van der Waals surface area (Å²) in [7, 11) is 0. The molecule has 3 heterocycles. The Morgan fingerprint density at radius 1 is 1.00 bits per heavy atom. The Kier molecular flexibility index (Phi) is 5.86. The molecule has 7 nitrogen and oxygen atoms in total. The molecule has 10 heteroatoms. The van der Waals surface area contributed by atoms with E-state index in [2.05, 4.69) is 4.90 Å². The highest BCUT2D eigenvalue weighted by Gasteiger charge is 2.32. The molecule has 2 aromatic carbocycles. The van der Waals surface area contributed by atoms with E-state index in [0.717, 1.165) is 29.2 Å². The van der Waals surface area contributed by atoms with Crippen LogP contribution in [0.3, 0.4) is 0 Å². The molecule has 0 bridgehead atoms. The molecule has 0 saturated carbocycles. The zero-order valence-electron chi connectivity index (χ0n) is 18.6. The van der Waals surface area contributed by atoms with E-state index in [1.165, 1.54) is 29.0 Å². The summed E-state index contributed by atoms with van der Waals surface area (Å²) in [5.41, 5.74) is 0.606. The Morgan fingerprint density at radius 2 is 1.77 bits per heavy atom. The fourth-order valence-corrected chi connectivity index (χ4v) is 4.34. The van der Waals surface area contributed by atoms with Crippen LogP contribution in [0.4, 0.5) is 13.2 Å². The zero-order valence-corrected chi connectivity index (χ0v) is 18.6. The second-order valence-corrected chi connectivity index (χ2v) is 8.36. The molecule has 1 aromatic heterocycles. The minimum absolute atomic E-state index is 0.0658. The number of amides is 1. The van der Waals surface area contributed by atoms with Gasteiger partial charge in [0.2, 0.25) is 6.79 Å². The van der Waals surface area contributed by atoms with Gasteiger partial charge in [-0.25, -0.2) is 0 Å². The van der Waals surface area contributed by atoms with Gasteiger partial charge < -0.3 is 18.9 Å². The number of nitrogens with zero attached hydrogens (tertiary/aromatic N) is 4. The Bertz CT molecular complexity index is 1300. The maximum absolute atomic E-state index is 13.4. The van der Waals surface area contributed by atoms with Crippen LogP contribution in [0.1, 0.15) is 27.2 Å². The summed E-state index contributed by atoms with van der Waals surface area (Å²) < 4.78 is 51.8. The molecule has 35 heavy (non-hydrogen) atoms. The predicted octanol–water partition coefficient (Wildman–Crippen LogP) is 4.05. The van der Waals surface area contributed by atoms with Crippen LogP contribution < -0.4 is 9.47 Å². The van der Waals surface area contributed by atoms with E-state index >= 15 is 0 Å². The average Bonchev–Trinajstić information content (AvgIpc) is 3.50. The maximum Gasteiger partial charge on any atom is 0.416 e. The first kappa shape index (κ1) is 22.8. The van der Waals surface area contributed by atoms with Crippen LogP contribution in [0, 0.1) is 11.3 Å². The highest BCUT2D eigenvalue weighted by molar-refractivity contribution is 5.96. The summed E-state index contributed by atoms with van der Waals surface area (Å²) in [5, 5.41) is 9.54. The van der Waals surface area contributed by atoms with Crippen LogP contribution in [0.5, 0.6) is 11.5 Å². The largest absolute Gasteiger partial charge is 0.454 e. The zero-order chi connectivity index (χ0) is 24.6. The quantitative estimate of drug-likeness (QED) is 0.561. The topological polar surface area (TPSA) is 70.7 Å². The smallest absolute Gasteiger partial charge is 0.416 e. The first-order valence-electron chi connectivity index (χ1n) is 11.0. The molecule has 3 aromatic rings. The fourth-order valence-electron chi connectivity index (χ4n) is 4.34. The Hall–Kier alpha value is -3.97. The van der Waals surface area contributed by atoms with Crippen molar-refractivity contribution in [2.24, 2.45) is 0 Å². The molecule has 5 rings (SSSR count). The van der Waals surface area contributed by atoms with Crippen molar-refractivity contribution in [3.05, 3.63) is 77.1 Å². The third kappa shape index (κ3) is 4.55. The lowest BCUT2D eigenvalue weighted by atomic mass is 10.1. The van der Waals surface area contributed by atoms with Gasteiger partial charge in [-0.2, -0.15) is 18.4 Å². The number of rotatable bonds is 4. The summed E-state index contributed by atoms with van der Waals surface area (Å²) in [6.45, 7) is 3.00. The number of fused-ring (bicyclic) bond motifs is 1. The number of carbonyl (C=O) groups is 1. The SMILES string of the molecule is N#Cc1ccn(-c2cccc(C(F)(F)F)c2)c1C(=O)N1CCN(Cc2ccc3c(c2)OCO3)CC1. The lowest BCUT2D eigenvalue weighted by molar-refractivity contribution is -0.137. The van der Waals surface area contributed by atoms with Crippen LogP contribution in [0.25, 0.3) is 5.69 Å². The van der Waals surface area contributed by atoms with Gasteiger partial charge in [-0.1, -0.05) is 12.1 Å². The highest BCUT2D eigenvalue weighted by atomic mass is 19.4. The van der Waals surface area contributed by atoms with Crippen LogP contribution in [-0.2, 0) is 12.7 Å². The van der Waals surface area contributed by atoms with Gasteiger partial charge in [0.25, 0.3) is 5.91 Å². The second kappa shape index (κ2) is 9.00. The molecule has 1 fully saturated rings. The number of aromatic nitrogens is 1. The van der Waals surface area contributed by atoms with Crippen molar-refractivity contribution in [1.29, 1.82) is 5.26 Å². The van der Waals surface area contributed by atoms with Crippen LogP contribution in [-0.4, -0.2) is 53.2 Å². The fraction of sp³-hybridized carbons (Fsp3) is 0.280. The van der Waals surface area contributed by atoms with E-state index in [1.54, 1.807) is 4.90 Å². The van der Waals surface area contributed by atoms with E-state index in [0.29, 0.717) is 32.7 Å². The molecular weight excluding hydrogens is 461 g/mol. The third-order valence-electron chi connectivity index (χ3n) is 6.16. The van der Waals surface area contributed by atoms with E-state index in [-0.39, 0.29) is 29.6 Å². The monoisotopic (exact) mass is 482 g/mol. The second-order valence-electron chi connectivity index (χ2n) is 8.36. The molecule has 0 N–H and O–H groups in total. The average molecular weight is 482 g/mol. The van der Waals surface area contributed by atoms with Gasteiger partial charge in [0, 0.05) is 44.6 Å². The first-order chi connectivity index (χ1) is 16.8. The molecule has 0 unspecified atom stereocenters. The van der Waals surface area contributed by atoms with Crippen LogP contribution >= 0.6 is 0 Å². The number of piperazine rings is 1. The normalized spacial score (nSPS) is 15.8. The van der Waals surface area contributed by atoms with Crippen LogP contribution in [0.15, 0.2) is 54.7 Å². The van der Waals surface area contributed by atoms with Crippen molar-refractivity contribution in [1.82, 2.24) is 14.4 Å². The maximum atomic E-state index is 13.4. The van der Waals surface area contributed by atoms with Crippen molar-refractivity contribution in [2.75, 3.05) is 33.0 Å². The van der Waals surface area contributed by atoms with Crippen molar-refractivity contribution in [3.63, 3.8) is 0 Å². The van der Waals surface area contributed by atoms with Gasteiger partial charge in [0.15, 0.2) is 11.5 Å². The number of ether oxygens (including phenoxy) is 2. The molecule has 0 radical (unpaired) electrons. The van der Waals surface area contributed by atoms with E-state index < -0.39 is 11.7 Å². The lowest BCUT2D eigenvalue weighted by Gasteiger charge is -2.35. The molecular formula is C25H21F3N4O3. The van der Waals surface area contributed by atoms with Gasteiger partial charge >= 0.3 is 6.18 Å². The van der Waals surface area contributed by atoms with Crippen molar-refractivity contribution >= 4 is 5.91 Å². The van der Waals surface area contributed by atoms with E-state index in [4.69, 9.17) is 9.47 Å². The van der Waals surface area contributed by atoms with Gasteiger partial charge in [0.1, 0.15) is 11.8 Å². The summed E-state index contributed by atoms with van der Waals surface area (Å²) in [6, 6.07) is 14.0. The van der Waals surface area contributed by atoms with Gasteiger partial charge in [0.05, 0.1) is 11.1 Å². The lowest BCUT2D eigenvalue weighted by Crippen LogP contribution is -2.48. The number of hydrogen-bond acceptors (Lipinski definition) is 5. The van der Waals surface area contributed by atoms with Gasteiger partial charge in [-0.05, 0) is 42.0 Å². The Labute approximate surface area is 199 Å². The summed E-state index contributed by atoms with van der Waals surface area (Å²) >= 11 is 0. The molecule has 180 valence electrons. The van der Waals surface area contributed by atoms with Crippen molar-refractivity contribution in [2.45, 2.75) is 12.7 Å². The molecule has 2 aliphatic heterocycles. The van der Waals surface area contributed by atoms with Crippen molar-refractivity contribution in [3.8, 4) is 23.3 Å². The third-order valence-corrected chi connectivity index (χ3v) is 6.16. The number of hydrogen-bond donors (Lipinski definition) is 0. The number of carbonyl (C=O) groups excluding carboxylic acids is 1. The summed E-state index contributed by atoms with van der Waals surface area (Å²) in [6.07, 6.45) is -3.06. The molecule has 0 aliphatic carbocycles. The number of nitriles is 1. The van der Waals surface area contributed by atoms with Crippen LogP contribution in [0.2, 0.25) is 0 Å². The number of halogens is 3. The molecule has 1 saturated heterocycles. The summed E-state index contributed by atoms with van der Waals surface area (Å²) in [4.78, 5) is 17.2. The highest BCUT2D eigenvalue weighted by Crippen LogP contribution is 2.33. The Balaban J connectivity index is 1.31. The van der Waals surface area contributed by atoms with E-state index in [1.807, 2.05) is 24.3 Å². The minimum atomic E-state index is -4.51. The van der Waals surface area contributed by atoms with Gasteiger partial charge in [-0.15, -0.1) is 0 Å². The molecule has 2 aliphatic rings.